The first-order valence-electron chi connectivity index (χ1n) is 17.8. The summed E-state index contributed by atoms with van der Waals surface area (Å²) in [5, 5.41) is 13.5. The topological polar surface area (TPSA) is 99.1 Å². The van der Waals surface area contributed by atoms with Gasteiger partial charge in [0.25, 0.3) is 0 Å². The zero-order chi connectivity index (χ0) is 37.2. The van der Waals surface area contributed by atoms with Gasteiger partial charge in [-0.2, -0.15) is 0 Å². The van der Waals surface area contributed by atoms with Crippen LogP contribution in [0.3, 0.4) is 0 Å². The highest BCUT2D eigenvalue weighted by molar-refractivity contribution is 5.84. The first kappa shape index (κ1) is 35.3. The lowest BCUT2D eigenvalue weighted by Crippen LogP contribution is -2.53. The molecule has 7 heteroatoms. The molecule has 0 aliphatic heterocycles. The van der Waals surface area contributed by atoms with Crippen LogP contribution in [0.4, 0.5) is 0 Å². The monoisotopic (exact) mass is 698 g/mol. The van der Waals surface area contributed by atoms with Crippen molar-refractivity contribution in [3.05, 3.63) is 129 Å². The number of fused-ring (bicyclic) bond motifs is 2. The molecule has 2 aromatic heterocycles. The summed E-state index contributed by atoms with van der Waals surface area (Å²) in [4.78, 5) is 26.1. The van der Waals surface area contributed by atoms with E-state index in [1.54, 1.807) is 12.1 Å². The SMILES string of the molecule is Cc1ccc(-c2cc3ccc(OC(C)(C)CC4(C)C(O)C(C)(C)CC4(C)Oc4ccc5cc(-c6ccc(C)cc6)c(=O)oc5c4)cc3oc2=O)cc1. The smallest absolute Gasteiger partial charge is 0.344 e. The fourth-order valence-corrected chi connectivity index (χ4v) is 8.43. The maximum Gasteiger partial charge on any atom is 0.344 e. The molecule has 7 rings (SSSR count). The minimum atomic E-state index is -0.824. The van der Waals surface area contributed by atoms with Crippen molar-refractivity contribution >= 4 is 21.9 Å². The van der Waals surface area contributed by atoms with E-state index in [0.717, 1.165) is 33.0 Å². The second kappa shape index (κ2) is 12.5. The van der Waals surface area contributed by atoms with E-state index in [9.17, 15) is 14.7 Å². The molecule has 7 nitrogen and oxygen atoms in total. The van der Waals surface area contributed by atoms with E-state index in [-0.39, 0.29) is 0 Å². The first-order chi connectivity index (χ1) is 24.4. The molecule has 0 spiro atoms. The summed E-state index contributed by atoms with van der Waals surface area (Å²) >= 11 is 0. The van der Waals surface area contributed by atoms with E-state index in [1.807, 2.05) is 120 Å². The number of benzene rings is 4. The van der Waals surface area contributed by atoms with Gasteiger partial charge in [0.1, 0.15) is 33.9 Å². The molecule has 1 saturated carbocycles. The van der Waals surface area contributed by atoms with Gasteiger partial charge in [0.05, 0.1) is 17.2 Å². The lowest BCUT2D eigenvalue weighted by molar-refractivity contribution is -0.105. The Morgan fingerprint density at radius 2 is 1.15 bits per heavy atom. The van der Waals surface area contributed by atoms with E-state index in [2.05, 4.69) is 20.8 Å². The van der Waals surface area contributed by atoms with Crippen molar-refractivity contribution in [2.24, 2.45) is 10.8 Å². The van der Waals surface area contributed by atoms with Gasteiger partial charge in [-0.1, -0.05) is 80.4 Å². The minimum Gasteiger partial charge on any atom is -0.488 e. The summed E-state index contributed by atoms with van der Waals surface area (Å²) < 4.78 is 25.1. The largest absolute Gasteiger partial charge is 0.488 e. The Morgan fingerprint density at radius 3 is 1.65 bits per heavy atom. The second-order valence-corrected chi connectivity index (χ2v) is 16.4. The third-order valence-electron chi connectivity index (χ3n) is 11.0. The van der Waals surface area contributed by atoms with Crippen molar-refractivity contribution in [3.63, 3.8) is 0 Å². The number of aliphatic hydroxyl groups is 1. The molecule has 1 aliphatic rings. The van der Waals surface area contributed by atoms with Crippen LogP contribution in [0.5, 0.6) is 11.5 Å². The summed E-state index contributed by atoms with van der Waals surface area (Å²) in [6.07, 6.45) is 0.294. The lowest BCUT2D eigenvalue weighted by Gasteiger charge is -2.46. The van der Waals surface area contributed by atoms with E-state index >= 15 is 0 Å². The first-order valence-corrected chi connectivity index (χ1v) is 17.8. The fourth-order valence-electron chi connectivity index (χ4n) is 8.43. The van der Waals surface area contributed by atoms with Crippen molar-refractivity contribution in [1.82, 2.24) is 0 Å². The van der Waals surface area contributed by atoms with Crippen LogP contribution < -0.4 is 20.7 Å². The van der Waals surface area contributed by atoms with Crippen molar-refractivity contribution in [2.45, 2.75) is 85.5 Å². The molecule has 0 radical (unpaired) electrons. The van der Waals surface area contributed by atoms with Gasteiger partial charge < -0.3 is 23.4 Å². The molecule has 52 heavy (non-hydrogen) atoms. The molecule has 1 aliphatic carbocycles. The van der Waals surface area contributed by atoms with Crippen LogP contribution in [0, 0.1) is 24.7 Å². The predicted molar refractivity (Wildman–Crippen MR) is 206 cm³/mol. The number of ether oxygens (including phenoxy) is 2. The molecule has 0 saturated heterocycles. The van der Waals surface area contributed by atoms with Crippen molar-refractivity contribution in [2.75, 3.05) is 0 Å². The molecule has 4 aromatic carbocycles. The number of hydrogen-bond donors (Lipinski definition) is 1. The molecule has 6 aromatic rings. The average molecular weight is 699 g/mol. The van der Waals surface area contributed by atoms with Gasteiger partial charge in [0, 0.05) is 28.3 Å². The molecule has 3 unspecified atom stereocenters. The van der Waals surface area contributed by atoms with Gasteiger partial charge in [0.15, 0.2) is 0 Å². The summed E-state index contributed by atoms with van der Waals surface area (Å²) in [7, 11) is 0. The van der Waals surface area contributed by atoms with Crippen LogP contribution in [0.25, 0.3) is 44.2 Å². The Morgan fingerprint density at radius 1 is 0.692 bits per heavy atom. The fraction of sp³-hybridized carbons (Fsp3) is 0.333. The molecule has 268 valence electrons. The van der Waals surface area contributed by atoms with Gasteiger partial charge >= 0.3 is 11.3 Å². The van der Waals surface area contributed by atoms with Gasteiger partial charge in [-0.15, -0.1) is 0 Å². The summed E-state index contributed by atoms with van der Waals surface area (Å²) in [6, 6.07) is 30.3. The van der Waals surface area contributed by atoms with E-state index in [1.165, 1.54) is 0 Å². The van der Waals surface area contributed by atoms with Crippen LogP contribution >= 0.6 is 0 Å². The van der Waals surface area contributed by atoms with E-state index in [0.29, 0.717) is 46.6 Å². The number of aryl methyl sites for hydroxylation is 2. The molecule has 1 N–H and O–H groups in total. The number of aliphatic hydroxyl groups excluding tert-OH is 1. The summed E-state index contributed by atoms with van der Waals surface area (Å²) in [5.74, 6) is 1.10. The Bertz CT molecular complexity index is 2420. The Kier molecular flexibility index (Phi) is 8.49. The van der Waals surface area contributed by atoms with Crippen molar-refractivity contribution < 1.29 is 23.4 Å². The third-order valence-corrected chi connectivity index (χ3v) is 11.0. The van der Waals surface area contributed by atoms with E-state index < -0.39 is 39.4 Å². The third kappa shape index (κ3) is 6.43. The maximum atomic E-state index is 13.1. The quantitative estimate of drug-likeness (QED) is 0.158. The number of rotatable bonds is 8. The predicted octanol–water partition coefficient (Wildman–Crippen LogP) is 10.0. The van der Waals surface area contributed by atoms with Crippen LogP contribution in [-0.4, -0.2) is 22.4 Å². The molecule has 1 fully saturated rings. The summed E-state index contributed by atoms with van der Waals surface area (Å²) in [6.45, 7) is 16.2. The highest BCUT2D eigenvalue weighted by Crippen LogP contribution is 2.60. The highest BCUT2D eigenvalue weighted by Gasteiger charge is 2.65. The summed E-state index contributed by atoms with van der Waals surface area (Å²) in [5.41, 5.74) is 2.06. The Balaban J connectivity index is 1.15. The second-order valence-electron chi connectivity index (χ2n) is 16.4. The van der Waals surface area contributed by atoms with Crippen LogP contribution in [-0.2, 0) is 0 Å². The zero-order valence-electron chi connectivity index (χ0n) is 31.1. The maximum absolute atomic E-state index is 13.1. The zero-order valence-corrected chi connectivity index (χ0v) is 31.1. The van der Waals surface area contributed by atoms with Crippen LogP contribution in [0.15, 0.2) is 115 Å². The van der Waals surface area contributed by atoms with Gasteiger partial charge in [0.2, 0.25) is 0 Å². The van der Waals surface area contributed by atoms with Crippen LogP contribution in [0.2, 0.25) is 0 Å². The van der Waals surface area contributed by atoms with Crippen molar-refractivity contribution in [1.29, 1.82) is 0 Å². The van der Waals surface area contributed by atoms with E-state index in [4.69, 9.17) is 18.3 Å². The Labute approximate surface area is 303 Å². The molecule has 0 bridgehead atoms. The molecular weight excluding hydrogens is 652 g/mol. The highest BCUT2D eigenvalue weighted by atomic mass is 16.5. The normalized spacial score (nSPS) is 21.4. The van der Waals surface area contributed by atoms with Crippen LogP contribution in [0.1, 0.15) is 65.5 Å². The minimum absolute atomic E-state index is 0.413. The van der Waals surface area contributed by atoms with Crippen molar-refractivity contribution in [3.8, 4) is 33.8 Å². The molecule has 0 amide bonds. The number of hydrogen-bond acceptors (Lipinski definition) is 7. The van der Waals surface area contributed by atoms with Gasteiger partial charge in [-0.3, -0.25) is 0 Å². The van der Waals surface area contributed by atoms with Gasteiger partial charge in [-0.05, 0) is 100 Å². The molecule has 3 atom stereocenters. The molecule has 2 heterocycles. The van der Waals surface area contributed by atoms with Gasteiger partial charge in [-0.25, -0.2) is 9.59 Å². The lowest BCUT2D eigenvalue weighted by atomic mass is 9.68. The standard InChI is InChI=1S/C45H46O7/c1-27-9-13-29(14-10-27)35-21-31-17-19-33(23-37(31)49-39(35)46)51-43(5,6)26-44(7)41(48)42(3,4)25-45(44,8)52-34-20-18-32-22-36(40(47)50-38(32)24-34)30-15-11-28(2)12-16-30/h9-24,41,48H,25-26H2,1-8H3. The average Bonchev–Trinajstić information content (AvgIpc) is 3.19. The molecular formula is C45H46O7. The Hall–Kier alpha value is -5.14.